The number of benzene rings is 1. The molecule has 0 bridgehead atoms. The van der Waals surface area contributed by atoms with Gasteiger partial charge in [-0.25, -0.2) is 0 Å². The van der Waals surface area contributed by atoms with E-state index >= 15 is 0 Å². The van der Waals surface area contributed by atoms with Gasteiger partial charge in [0.05, 0.1) is 17.7 Å². The normalized spacial score (nSPS) is 9.12. The molecule has 1 rings (SSSR count). The molecule has 0 aliphatic rings. The second kappa shape index (κ2) is 5.53. The van der Waals surface area contributed by atoms with Crippen LogP contribution < -0.4 is 0 Å². The molecule has 5 heteroatoms. The van der Waals surface area contributed by atoms with Crippen molar-refractivity contribution in [3.8, 4) is 17.9 Å². The van der Waals surface area contributed by atoms with Crippen LogP contribution in [0.4, 0.5) is 0 Å². The topological polar surface area (TPSA) is 88.1 Å². The summed E-state index contributed by atoms with van der Waals surface area (Å²) in [5.41, 5.74) is 0.926. The lowest BCUT2D eigenvalue weighted by molar-refractivity contribution is 0.0791. The van der Waals surface area contributed by atoms with Gasteiger partial charge in [-0.2, -0.15) is 10.5 Å². The molecule has 0 aliphatic carbocycles. The third-order valence-corrected chi connectivity index (χ3v) is 2.19. The van der Waals surface area contributed by atoms with E-state index in [1.54, 1.807) is 13.0 Å². The lowest BCUT2D eigenvalue weighted by Gasteiger charge is -2.16. The molecule has 1 amide bonds. The fourth-order valence-corrected chi connectivity index (χ4v) is 1.36. The van der Waals surface area contributed by atoms with Crippen molar-refractivity contribution in [1.29, 1.82) is 10.5 Å². The number of nitrogens with zero attached hydrogens (tertiary/aromatic N) is 3. The zero-order chi connectivity index (χ0) is 12.8. The van der Waals surface area contributed by atoms with Gasteiger partial charge in [0.1, 0.15) is 18.8 Å². The van der Waals surface area contributed by atoms with E-state index in [1.165, 1.54) is 12.1 Å². The van der Waals surface area contributed by atoms with E-state index in [1.807, 2.05) is 12.1 Å². The molecule has 0 atom stereocenters. The standard InChI is InChI=1S/C12H11N3O2/c1-9-2-3-11(16)10(8-9)12(17)15(6-4-13)7-5-14/h2-3,8,16H,6-7H2,1H3. The molecule has 0 spiro atoms. The van der Waals surface area contributed by atoms with Crippen molar-refractivity contribution >= 4 is 5.91 Å². The van der Waals surface area contributed by atoms with E-state index in [9.17, 15) is 9.90 Å². The number of rotatable bonds is 3. The number of nitriles is 2. The minimum atomic E-state index is -0.519. The molecule has 0 unspecified atom stereocenters. The summed E-state index contributed by atoms with van der Waals surface area (Å²) in [6, 6.07) is 8.23. The highest BCUT2D eigenvalue weighted by molar-refractivity contribution is 5.97. The number of phenols is 1. The Labute approximate surface area is 99.1 Å². The van der Waals surface area contributed by atoms with Crippen LogP contribution in [-0.4, -0.2) is 29.0 Å². The summed E-state index contributed by atoms with van der Waals surface area (Å²) in [5, 5.41) is 26.7. The van der Waals surface area contributed by atoms with Gasteiger partial charge in [-0.05, 0) is 19.1 Å². The second-order valence-corrected chi connectivity index (χ2v) is 3.50. The van der Waals surface area contributed by atoms with Gasteiger partial charge in [-0.1, -0.05) is 11.6 Å². The predicted octanol–water partition coefficient (Wildman–Crippen LogP) is 1.19. The summed E-state index contributed by atoms with van der Waals surface area (Å²) in [5.74, 6) is -0.671. The molecule has 0 saturated carbocycles. The first-order chi connectivity index (χ1) is 8.10. The summed E-state index contributed by atoms with van der Waals surface area (Å²) in [6.07, 6.45) is 0. The molecule has 17 heavy (non-hydrogen) atoms. The predicted molar refractivity (Wildman–Crippen MR) is 60.0 cm³/mol. The van der Waals surface area contributed by atoms with Crippen molar-refractivity contribution < 1.29 is 9.90 Å². The van der Waals surface area contributed by atoms with Gasteiger partial charge in [0, 0.05) is 0 Å². The number of carbonyl (C=O) groups is 1. The van der Waals surface area contributed by atoms with Crippen molar-refractivity contribution in [3.63, 3.8) is 0 Å². The van der Waals surface area contributed by atoms with Crippen LogP contribution in [0.3, 0.4) is 0 Å². The van der Waals surface area contributed by atoms with Gasteiger partial charge in [-0.15, -0.1) is 0 Å². The van der Waals surface area contributed by atoms with Crippen LogP contribution in [0.2, 0.25) is 0 Å². The maximum atomic E-state index is 12.0. The molecule has 5 nitrogen and oxygen atoms in total. The Morgan fingerprint density at radius 1 is 1.35 bits per heavy atom. The Bertz CT molecular complexity index is 495. The van der Waals surface area contributed by atoms with Crippen molar-refractivity contribution in [1.82, 2.24) is 4.90 Å². The minimum Gasteiger partial charge on any atom is -0.507 e. The largest absolute Gasteiger partial charge is 0.507 e. The smallest absolute Gasteiger partial charge is 0.259 e. The zero-order valence-electron chi connectivity index (χ0n) is 9.34. The molecule has 1 aromatic rings. The van der Waals surface area contributed by atoms with Crippen LogP contribution in [0.15, 0.2) is 18.2 Å². The van der Waals surface area contributed by atoms with Gasteiger partial charge in [0.25, 0.3) is 5.91 Å². The highest BCUT2D eigenvalue weighted by atomic mass is 16.3. The van der Waals surface area contributed by atoms with E-state index in [2.05, 4.69) is 0 Å². The van der Waals surface area contributed by atoms with Crippen LogP contribution in [-0.2, 0) is 0 Å². The van der Waals surface area contributed by atoms with Crippen LogP contribution in [0, 0.1) is 29.6 Å². The van der Waals surface area contributed by atoms with Crippen LogP contribution in [0.5, 0.6) is 5.75 Å². The molecule has 1 N–H and O–H groups in total. The molecule has 0 saturated heterocycles. The molecule has 0 heterocycles. The number of carbonyl (C=O) groups excluding carboxylic acids is 1. The molecular weight excluding hydrogens is 218 g/mol. The van der Waals surface area contributed by atoms with Crippen LogP contribution >= 0.6 is 0 Å². The summed E-state index contributed by atoms with van der Waals surface area (Å²) in [6.45, 7) is 1.43. The molecule has 0 fully saturated rings. The third-order valence-electron chi connectivity index (χ3n) is 2.19. The summed E-state index contributed by atoms with van der Waals surface area (Å²) >= 11 is 0. The van der Waals surface area contributed by atoms with Crippen molar-refractivity contribution in [2.75, 3.05) is 13.1 Å². The van der Waals surface area contributed by atoms with Crippen molar-refractivity contribution in [2.45, 2.75) is 6.92 Å². The Balaban J connectivity index is 3.06. The summed E-state index contributed by atoms with van der Waals surface area (Å²) < 4.78 is 0. The maximum absolute atomic E-state index is 12.0. The number of aryl methyl sites for hydroxylation is 1. The molecule has 0 radical (unpaired) electrons. The van der Waals surface area contributed by atoms with Gasteiger partial charge in [0.15, 0.2) is 0 Å². The molecule has 1 aromatic carbocycles. The first-order valence-corrected chi connectivity index (χ1v) is 4.93. The third kappa shape index (κ3) is 2.96. The Morgan fingerprint density at radius 2 is 1.94 bits per heavy atom. The fraction of sp³-hybridized carbons (Fsp3) is 0.250. The molecular formula is C12H11N3O2. The zero-order valence-corrected chi connectivity index (χ0v) is 9.34. The number of amides is 1. The number of phenolic OH excluding ortho intramolecular Hbond substituents is 1. The average molecular weight is 229 g/mol. The van der Waals surface area contributed by atoms with Crippen molar-refractivity contribution in [2.24, 2.45) is 0 Å². The SMILES string of the molecule is Cc1ccc(O)c(C(=O)N(CC#N)CC#N)c1. The van der Waals surface area contributed by atoms with Crippen LogP contribution in [0.1, 0.15) is 15.9 Å². The van der Waals surface area contributed by atoms with E-state index in [-0.39, 0.29) is 24.4 Å². The van der Waals surface area contributed by atoms with E-state index in [4.69, 9.17) is 10.5 Å². The number of aromatic hydroxyl groups is 1. The average Bonchev–Trinajstić information content (AvgIpc) is 2.31. The van der Waals surface area contributed by atoms with E-state index in [0.717, 1.165) is 10.5 Å². The minimum absolute atomic E-state index is 0.107. The number of hydrogen-bond acceptors (Lipinski definition) is 4. The van der Waals surface area contributed by atoms with Gasteiger partial charge >= 0.3 is 0 Å². The lowest BCUT2D eigenvalue weighted by Crippen LogP contribution is -2.31. The quantitative estimate of drug-likeness (QED) is 0.788. The summed E-state index contributed by atoms with van der Waals surface area (Å²) in [4.78, 5) is 13.0. The van der Waals surface area contributed by atoms with Gasteiger partial charge in [0.2, 0.25) is 0 Å². The molecule has 0 aliphatic heterocycles. The highest BCUT2D eigenvalue weighted by Gasteiger charge is 2.18. The molecule has 0 aromatic heterocycles. The first-order valence-electron chi connectivity index (χ1n) is 4.93. The van der Waals surface area contributed by atoms with Gasteiger partial charge in [-0.3, -0.25) is 4.79 Å². The number of hydrogen-bond donors (Lipinski definition) is 1. The van der Waals surface area contributed by atoms with Crippen LogP contribution in [0.25, 0.3) is 0 Å². The van der Waals surface area contributed by atoms with Crippen molar-refractivity contribution in [3.05, 3.63) is 29.3 Å². The molecule has 86 valence electrons. The lowest BCUT2D eigenvalue weighted by atomic mass is 10.1. The Kier molecular flexibility index (Phi) is 4.08. The maximum Gasteiger partial charge on any atom is 0.259 e. The monoisotopic (exact) mass is 229 g/mol. The van der Waals surface area contributed by atoms with E-state index < -0.39 is 5.91 Å². The second-order valence-electron chi connectivity index (χ2n) is 3.50. The van der Waals surface area contributed by atoms with Gasteiger partial charge < -0.3 is 10.0 Å². The first kappa shape index (κ1) is 12.5. The highest BCUT2D eigenvalue weighted by Crippen LogP contribution is 2.19. The summed E-state index contributed by atoms with van der Waals surface area (Å²) in [7, 11) is 0. The fourth-order valence-electron chi connectivity index (χ4n) is 1.36. The Morgan fingerprint density at radius 3 is 2.47 bits per heavy atom. The Hall–Kier alpha value is -2.53. The van der Waals surface area contributed by atoms with E-state index in [0.29, 0.717) is 0 Å².